The molecule has 0 aliphatic rings. The first kappa shape index (κ1) is 15.1. The molecule has 0 bridgehead atoms. The van der Waals surface area contributed by atoms with Gasteiger partial charge < -0.3 is 5.32 Å². The number of nitrogens with one attached hydrogen (secondary N) is 1. The molecule has 5 heteroatoms. The van der Waals surface area contributed by atoms with E-state index in [2.05, 4.69) is 10.3 Å². The Labute approximate surface area is 124 Å². The molecule has 110 valence electrons. The summed E-state index contributed by atoms with van der Waals surface area (Å²) in [6, 6.07) is 11.3. The number of benzene rings is 1. The van der Waals surface area contributed by atoms with E-state index in [-0.39, 0.29) is 16.7 Å². The fourth-order valence-corrected chi connectivity index (χ4v) is 2.17. The van der Waals surface area contributed by atoms with Crippen molar-refractivity contribution in [3.05, 3.63) is 69.0 Å². The van der Waals surface area contributed by atoms with E-state index in [0.29, 0.717) is 12.1 Å². The quantitative estimate of drug-likeness (QED) is 0.674. The maximum Gasteiger partial charge on any atom is 0.272 e. The SMILES string of the molecule is Cc1cccc(CNC(C)c2ccc(C)c([N+](=O)[O-])c2)n1. The second kappa shape index (κ2) is 6.45. The minimum atomic E-state index is -0.340. The second-order valence-electron chi connectivity index (χ2n) is 5.18. The van der Waals surface area contributed by atoms with Crippen LogP contribution in [0.3, 0.4) is 0 Å². The fourth-order valence-electron chi connectivity index (χ4n) is 2.17. The molecule has 0 saturated heterocycles. The highest BCUT2D eigenvalue weighted by atomic mass is 16.6. The fraction of sp³-hybridized carbons (Fsp3) is 0.312. The molecule has 1 aromatic heterocycles. The van der Waals surface area contributed by atoms with Crippen LogP contribution < -0.4 is 5.32 Å². The standard InChI is InChI=1S/C16H19N3O2/c1-11-7-8-14(9-16(11)19(20)21)13(3)17-10-15-6-4-5-12(2)18-15/h4-9,13,17H,10H2,1-3H3. The predicted molar refractivity (Wildman–Crippen MR) is 82.1 cm³/mol. The van der Waals surface area contributed by atoms with Gasteiger partial charge in [0.1, 0.15) is 0 Å². The van der Waals surface area contributed by atoms with Crippen LogP contribution in [-0.2, 0) is 6.54 Å². The van der Waals surface area contributed by atoms with Crippen molar-refractivity contribution in [3.8, 4) is 0 Å². The van der Waals surface area contributed by atoms with Gasteiger partial charge in [-0.25, -0.2) is 0 Å². The first-order valence-corrected chi connectivity index (χ1v) is 6.88. The Kier molecular flexibility index (Phi) is 4.65. The van der Waals surface area contributed by atoms with Crippen LogP contribution in [0.1, 0.15) is 35.5 Å². The molecule has 2 rings (SSSR count). The van der Waals surface area contributed by atoms with Crippen LogP contribution in [0, 0.1) is 24.0 Å². The number of nitrogens with zero attached hydrogens (tertiary/aromatic N) is 2. The summed E-state index contributed by atoms with van der Waals surface area (Å²) < 4.78 is 0. The van der Waals surface area contributed by atoms with Gasteiger partial charge in [0.15, 0.2) is 0 Å². The van der Waals surface area contributed by atoms with Gasteiger partial charge in [-0.05, 0) is 38.5 Å². The first-order valence-electron chi connectivity index (χ1n) is 6.88. The molecule has 1 unspecified atom stereocenters. The second-order valence-corrected chi connectivity index (χ2v) is 5.18. The van der Waals surface area contributed by atoms with Crippen molar-refractivity contribution in [1.29, 1.82) is 0 Å². The summed E-state index contributed by atoms with van der Waals surface area (Å²) >= 11 is 0. The van der Waals surface area contributed by atoms with Crippen molar-refractivity contribution < 1.29 is 4.92 Å². The Morgan fingerprint density at radius 3 is 2.71 bits per heavy atom. The number of nitro benzene ring substituents is 1. The zero-order valence-electron chi connectivity index (χ0n) is 12.5. The minimum absolute atomic E-state index is 0.0200. The van der Waals surface area contributed by atoms with Crippen LogP contribution >= 0.6 is 0 Å². The van der Waals surface area contributed by atoms with Crippen molar-refractivity contribution in [2.24, 2.45) is 0 Å². The zero-order chi connectivity index (χ0) is 15.4. The largest absolute Gasteiger partial charge is 0.305 e. The summed E-state index contributed by atoms with van der Waals surface area (Å²) in [6.45, 7) is 6.32. The van der Waals surface area contributed by atoms with Crippen LogP contribution in [0.15, 0.2) is 36.4 Å². The Morgan fingerprint density at radius 1 is 1.29 bits per heavy atom. The first-order chi connectivity index (χ1) is 9.97. The molecule has 1 aromatic carbocycles. The van der Waals surface area contributed by atoms with E-state index in [1.807, 2.05) is 38.1 Å². The van der Waals surface area contributed by atoms with Gasteiger partial charge in [0, 0.05) is 29.9 Å². The highest BCUT2D eigenvalue weighted by molar-refractivity contribution is 5.43. The predicted octanol–water partition coefficient (Wildman–Crippen LogP) is 3.46. The molecule has 2 aromatic rings. The van der Waals surface area contributed by atoms with Gasteiger partial charge in [-0.1, -0.05) is 18.2 Å². The lowest BCUT2D eigenvalue weighted by Crippen LogP contribution is -2.19. The van der Waals surface area contributed by atoms with E-state index in [1.165, 1.54) is 0 Å². The minimum Gasteiger partial charge on any atom is -0.305 e. The number of nitro groups is 1. The summed E-state index contributed by atoms with van der Waals surface area (Å²) in [5.74, 6) is 0. The summed E-state index contributed by atoms with van der Waals surface area (Å²) in [5, 5.41) is 14.3. The Morgan fingerprint density at radius 2 is 2.05 bits per heavy atom. The number of pyridine rings is 1. The van der Waals surface area contributed by atoms with Crippen molar-refractivity contribution in [1.82, 2.24) is 10.3 Å². The topological polar surface area (TPSA) is 68.1 Å². The normalized spacial score (nSPS) is 12.1. The van der Waals surface area contributed by atoms with E-state index >= 15 is 0 Å². The number of hydrogen-bond donors (Lipinski definition) is 1. The molecule has 0 aliphatic carbocycles. The van der Waals surface area contributed by atoms with E-state index in [9.17, 15) is 10.1 Å². The van der Waals surface area contributed by atoms with Crippen LogP contribution in [0.2, 0.25) is 0 Å². The molecule has 0 fully saturated rings. The Hall–Kier alpha value is -2.27. The molecule has 1 heterocycles. The van der Waals surface area contributed by atoms with Crippen LogP contribution in [0.4, 0.5) is 5.69 Å². The molecule has 0 amide bonds. The summed E-state index contributed by atoms with van der Waals surface area (Å²) in [5.41, 5.74) is 3.68. The molecular formula is C16H19N3O2. The summed E-state index contributed by atoms with van der Waals surface area (Å²) in [6.07, 6.45) is 0. The average molecular weight is 285 g/mol. The van der Waals surface area contributed by atoms with Gasteiger partial charge in [0.05, 0.1) is 10.6 Å². The Bertz CT molecular complexity index is 656. The third-order valence-corrected chi connectivity index (χ3v) is 3.47. The molecule has 0 spiro atoms. The third-order valence-electron chi connectivity index (χ3n) is 3.47. The number of aryl methyl sites for hydroxylation is 2. The lowest BCUT2D eigenvalue weighted by molar-refractivity contribution is -0.385. The number of hydrogen-bond acceptors (Lipinski definition) is 4. The lowest BCUT2D eigenvalue weighted by atomic mass is 10.0. The van der Waals surface area contributed by atoms with Gasteiger partial charge >= 0.3 is 0 Å². The van der Waals surface area contributed by atoms with Crippen molar-refractivity contribution in [2.75, 3.05) is 0 Å². The van der Waals surface area contributed by atoms with Crippen molar-refractivity contribution >= 4 is 5.69 Å². The number of rotatable bonds is 5. The van der Waals surface area contributed by atoms with Crippen LogP contribution in [0.5, 0.6) is 0 Å². The Balaban J connectivity index is 2.08. The van der Waals surface area contributed by atoms with Crippen molar-refractivity contribution in [2.45, 2.75) is 33.4 Å². The van der Waals surface area contributed by atoms with Gasteiger partial charge in [-0.3, -0.25) is 15.1 Å². The van der Waals surface area contributed by atoms with Gasteiger partial charge in [0.2, 0.25) is 0 Å². The highest BCUT2D eigenvalue weighted by Crippen LogP contribution is 2.23. The molecule has 0 saturated carbocycles. The summed E-state index contributed by atoms with van der Waals surface area (Å²) in [4.78, 5) is 15.1. The van der Waals surface area contributed by atoms with E-state index in [4.69, 9.17) is 0 Å². The van der Waals surface area contributed by atoms with Crippen LogP contribution in [0.25, 0.3) is 0 Å². The maximum atomic E-state index is 11.0. The lowest BCUT2D eigenvalue weighted by Gasteiger charge is -2.14. The smallest absolute Gasteiger partial charge is 0.272 e. The van der Waals surface area contributed by atoms with Gasteiger partial charge in [-0.15, -0.1) is 0 Å². The summed E-state index contributed by atoms with van der Waals surface area (Å²) in [7, 11) is 0. The van der Waals surface area contributed by atoms with Gasteiger partial charge in [-0.2, -0.15) is 0 Å². The molecule has 1 N–H and O–H groups in total. The van der Waals surface area contributed by atoms with E-state index in [0.717, 1.165) is 17.0 Å². The van der Waals surface area contributed by atoms with Crippen LogP contribution in [-0.4, -0.2) is 9.91 Å². The molecule has 1 atom stereocenters. The van der Waals surface area contributed by atoms with E-state index in [1.54, 1.807) is 19.1 Å². The van der Waals surface area contributed by atoms with Crippen molar-refractivity contribution in [3.63, 3.8) is 0 Å². The average Bonchev–Trinajstić information content (AvgIpc) is 2.45. The highest BCUT2D eigenvalue weighted by Gasteiger charge is 2.14. The molecule has 0 radical (unpaired) electrons. The third kappa shape index (κ3) is 3.86. The van der Waals surface area contributed by atoms with Gasteiger partial charge in [0.25, 0.3) is 5.69 Å². The maximum absolute atomic E-state index is 11.0. The molecule has 5 nitrogen and oxygen atoms in total. The molecular weight excluding hydrogens is 266 g/mol. The zero-order valence-corrected chi connectivity index (χ0v) is 12.5. The van der Waals surface area contributed by atoms with E-state index < -0.39 is 0 Å². The molecule has 0 aliphatic heterocycles. The number of aromatic nitrogens is 1. The monoisotopic (exact) mass is 285 g/mol. The molecule has 21 heavy (non-hydrogen) atoms.